The van der Waals surface area contributed by atoms with Crippen LogP contribution in [0.4, 0.5) is 0 Å². The molecule has 0 atom stereocenters. The van der Waals surface area contributed by atoms with Crippen LogP contribution in [0.1, 0.15) is 71.6 Å². The van der Waals surface area contributed by atoms with Crippen LogP contribution in [0.2, 0.25) is 0 Å². The number of unbranched alkanes of at least 4 members (excludes halogenated alkanes) is 1. The van der Waals surface area contributed by atoms with E-state index in [4.69, 9.17) is 11.5 Å². The van der Waals surface area contributed by atoms with Crippen LogP contribution in [-0.2, 0) is 0 Å². The van der Waals surface area contributed by atoms with E-state index in [1.807, 2.05) is 0 Å². The fourth-order valence-corrected chi connectivity index (χ4v) is 2.69. The molecule has 0 bridgehead atoms. The number of nitrogens with two attached hydrogens (primary N) is 2. The maximum absolute atomic E-state index is 6.41. The highest BCUT2D eigenvalue weighted by atomic mass is 14.7. The fraction of sp³-hybridized carbons (Fsp3) is 0.778. The van der Waals surface area contributed by atoms with Gasteiger partial charge in [0.05, 0.1) is 0 Å². The molecule has 2 nitrogen and oxygen atoms in total. The first kappa shape index (κ1) is 17.5. The smallest absolute Gasteiger partial charge is 0.0189 e. The van der Waals surface area contributed by atoms with Gasteiger partial charge in [-0.2, -0.15) is 0 Å². The lowest BCUT2D eigenvalue weighted by Crippen LogP contribution is -2.40. The van der Waals surface area contributed by atoms with Crippen molar-refractivity contribution in [3.05, 3.63) is 24.3 Å². The van der Waals surface area contributed by atoms with Crippen molar-refractivity contribution in [1.29, 1.82) is 0 Å². The lowest BCUT2D eigenvalue weighted by molar-refractivity contribution is 0.298. The summed E-state index contributed by atoms with van der Waals surface area (Å²) in [6.45, 7) is 5.17. The Hall–Kier alpha value is -0.600. The molecule has 0 aromatic heterocycles. The van der Waals surface area contributed by atoms with E-state index >= 15 is 0 Å². The van der Waals surface area contributed by atoms with E-state index in [1.54, 1.807) is 0 Å². The Morgan fingerprint density at radius 3 is 2.15 bits per heavy atom. The minimum atomic E-state index is 0.0930. The predicted molar refractivity (Wildman–Crippen MR) is 89.6 cm³/mol. The van der Waals surface area contributed by atoms with Crippen molar-refractivity contribution in [2.75, 3.05) is 6.54 Å². The normalized spacial score (nSPS) is 20.0. The van der Waals surface area contributed by atoms with Gasteiger partial charge in [-0.3, -0.25) is 0 Å². The van der Waals surface area contributed by atoms with Crippen LogP contribution >= 0.6 is 0 Å². The Morgan fingerprint density at radius 2 is 1.55 bits per heavy atom. The lowest BCUT2D eigenvalue weighted by atomic mass is 9.80. The Kier molecular flexibility index (Phi) is 7.53. The zero-order chi connectivity index (χ0) is 14.9. The van der Waals surface area contributed by atoms with E-state index < -0.39 is 0 Å². The largest absolute Gasteiger partial charge is 0.330 e. The van der Waals surface area contributed by atoms with E-state index in [2.05, 4.69) is 38.2 Å². The molecule has 0 aromatic carbocycles. The molecule has 0 saturated heterocycles. The molecule has 2 heteroatoms. The van der Waals surface area contributed by atoms with Crippen molar-refractivity contribution in [1.82, 2.24) is 0 Å². The van der Waals surface area contributed by atoms with Crippen LogP contribution < -0.4 is 11.5 Å². The van der Waals surface area contributed by atoms with Crippen molar-refractivity contribution in [2.24, 2.45) is 16.9 Å². The molecule has 0 spiro atoms. The van der Waals surface area contributed by atoms with Gasteiger partial charge in [0, 0.05) is 5.54 Å². The second-order valence-corrected chi connectivity index (χ2v) is 7.22. The van der Waals surface area contributed by atoms with Crippen LogP contribution in [0.5, 0.6) is 0 Å². The van der Waals surface area contributed by atoms with Crippen molar-refractivity contribution >= 4 is 0 Å². The molecule has 20 heavy (non-hydrogen) atoms. The van der Waals surface area contributed by atoms with Gasteiger partial charge in [0.15, 0.2) is 0 Å². The van der Waals surface area contributed by atoms with Crippen LogP contribution in [0.15, 0.2) is 24.3 Å². The second-order valence-electron chi connectivity index (χ2n) is 7.22. The first-order chi connectivity index (χ1) is 9.47. The Balaban J connectivity index is 2.11. The number of rotatable bonds is 8. The van der Waals surface area contributed by atoms with E-state index in [1.165, 1.54) is 32.1 Å². The molecule has 1 saturated carbocycles. The minimum absolute atomic E-state index is 0.0930. The second kappa shape index (κ2) is 8.63. The lowest BCUT2D eigenvalue weighted by Gasteiger charge is -2.32. The van der Waals surface area contributed by atoms with Crippen LogP contribution in [0.3, 0.4) is 0 Å². The van der Waals surface area contributed by atoms with Crippen molar-refractivity contribution in [3.8, 4) is 0 Å². The molecule has 116 valence electrons. The Morgan fingerprint density at radius 1 is 0.950 bits per heavy atom. The summed E-state index contributed by atoms with van der Waals surface area (Å²) >= 11 is 0. The first-order valence-corrected chi connectivity index (χ1v) is 8.26. The highest BCUT2D eigenvalue weighted by molar-refractivity contribution is 4.97. The summed E-state index contributed by atoms with van der Waals surface area (Å²) in [4.78, 5) is 0. The van der Waals surface area contributed by atoms with Gasteiger partial charge < -0.3 is 11.5 Å². The maximum Gasteiger partial charge on any atom is 0.0189 e. The molecule has 1 fully saturated rings. The third-order valence-electron chi connectivity index (χ3n) is 4.43. The summed E-state index contributed by atoms with van der Waals surface area (Å²) in [6, 6.07) is 0. The van der Waals surface area contributed by atoms with Gasteiger partial charge in [-0.1, -0.05) is 57.4 Å². The monoisotopic (exact) mass is 278 g/mol. The number of hydrogen-bond donors (Lipinski definition) is 2. The molecule has 0 heterocycles. The predicted octanol–water partition coefficient (Wildman–Crippen LogP) is 4.31. The number of hydrogen-bond acceptors (Lipinski definition) is 2. The van der Waals surface area contributed by atoms with Gasteiger partial charge in [0.25, 0.3) is 0 Å². The summed E-state index contributed by atoms with van der Waals surface area (Å²) in [5.41, 5.74) is 12.4. The topological polar surface area (TPSA) is 52.0 Å². The molecule has 1 rings (SSSR count). The molecule has 1 aliphatic rings. The molecule has 0 aliphatic heterocycles. The van der Waals surface area contributed by atoms with Crippen LogP contribution in [0.25, 0.3) is 0 Å². The minimum Gasteiger partial charge on any atom is -0.330 e. The van der Waals surface area contributed by atoms with Gasteiger partial charge in [-0.15, -0.1) is 0 Å². The zero-order valence-electron chi connectivity index (χ0n) is 13.5. The zero-order valence-corrected chi connectivity index (χ0v) is 13.5. The summed E-state index contributed by atoms with van der Waals surface area (Å²) in [7, 11) is 0. The SMILES string of the molecule is CC(C)(CN)C/C=C/CC/C=C/CC1(N)CCCCC1. The fourth-order valence-electron chi connectivity index (χ4n) is 2.69. The van der Waals surface area contributed by atoms with E-state index in [9.17, 15) is 0 Å². The molecule has 0 aromatic rings. The summed E-state index contributed by atoms with van der Waals surface area (Å²) in [6.07, 6.45) is 19.9. The molecule has 4 N–H and O–H groups in total. The quantitative estimate of drug-likeness (QED) is 0.513. The van der Waals surface area contributed by atoms with Gasteiger partial charge in [-0.05, 0) is 50.5 Å². The highest BCUT2D eigenvalue weighted by Crippen LogP contribution is 2.28. The third kappa shape index (κ3) is 7.25. The molecule has 0 radical (unpaired) electrons. The molecular formula is C18H34N2. The van der Waals surface area contributed by atoms with Gasteiger partial charge >= 0.3 is 0 Å². The van der Waals surface area contributed by atoms with E-state index in [0.717, 1.165) is 32.2 Å². The average Bonchev–Trinajstić information content (AvgIpc) is 2.42. The highest BCUT2D eigenvalue weighted by Gasteiger charge is 2.25. The summed E-state index contributed by atoms with van der Waals surface area (Å²) < 4.78 is 0. The standard InChI is InChI=1S/C18H34N2/c1-17(2,16-19)12-8-5-3-4-6-9-13-18(20)14-10-7-11-15-18/h5-6,8-9H,3-4,7,10-16,19-20H2,1-2H3/b8-5+,9-6+. The number of allylic oxidation sites excluding steroid dienone is 3. The summed E-state index contributed by atoms with van der Waals surface area (Å²) in [5.74, 6) is 0. The van der Waals surface area contributed by atoms with Crippen molar-refractivity contribution in [3.63, 3.8) is 0 Å². The van der Waals surface area contributed by atoms with Crippen LogP contribution in [-0.4, -0.2) is 12.1 Å². The molecular weight excluding hydrogens is 244 g/mol. The van der Waals surface area contributed by atoms with Crippen LogP contribution in [0, 0.1) is 5.41 Å². The molecule has 0 unspecified atom stereocenters. The average molecular weight is 278 g/mol. The van der Waals surface area contributed by atoms with Crippen molar-refractivity contribution < 1.29 is 0 Å². The van der Waals surface area contributed by atoms with Gasteiger partial charge in [-0.25, -0.2) is 0 Å². The van der Waals surface area contributed by atoms with Gasteiger partial charge in [0.1, 0.15) is 0 Å². The first-order valence-electron chi connectivity index (χ1n) is 8.26. The molecule has 1 aliphatic carbocycles. The summed E-state index contributed by atoms with van der Waals surface area (Å²) in [5, 5.41) is 0. The third-order valence-corrected chi connectivity index (χ3v) is 4.43. The Labute approximate surface area is 125 Å². The van der Waals surface area contributed by atoms with Crippen molar-refractivity contribution in [2.45, 2.75) is 77.2 Å². The van der Waals surface area contributed by atoms with E-state index in [0.29, 0.717) is 0 Å². The van der Waals surface area contributed by atoms with Gasteiger partial charge in [0.2, 0.25) is 0 Å². The Bertz CT molecular complexity index is 309. The molecule has 0 amide bonds. The van der Waals surface area contributed by atoms with E-state index in [-0.39, 0.29) is 11.0 Å². The maximum atomic E-state index is 6.41.